The molecule has 0 aromatic rings. The van der Waals surface area contributed by atoms with Crippen molar-refractivity contribution in [1.29, 1.82) is 0 Å². The van der Waals surface area contributed by atoms with Crippen molar-refractivity contribution in [2.24, 2.45) is 34.8 Å². The van der Waals surface area contributed by atoms with Gasteiger partial charge in [0, 0.05) is 6.42 Å². The molecule has 0 heterocycles. The Balaban J connectivity index is 5.99. The van der Waals surface area contributed by atoms with Crippen LogP contribution >= 0.6 is 0 Å². The first kappa shape index (κ1) is 39.4. The minimum absolute atomic E-state index is 0.248. The second-order valence-corrected chi connectivity index (χ2v) is 11.0. The molecular weight excluding hydrogens is 582 g/mol. The van der Waals surface area contributed by atoms with Gasteiger partial charge in [0.15, 0.2) is 0 Å². The van der Waals surface area contributed by atoms with Crippen molar-refractivity contribution < 1.29 is 43.2 Å². The lowest BCUT2D eigenvalue weighted by atomic mass is 9.99. The van der Waals surface area contributed by atoms with Crippen LogP contribution in [0.3, 0.4) is 0 Å². The third-order valence-electron chi connectivity index (χ3n) is 6.17. The maximum Gasteiger partial charge on any atom is 0.243 e. The fourth-order valence-electron chi connectivity index (χ4n) is 3.73. The highest BCUT2D eigenvalue weighted by Crippen LogP contribution is 2.09. The predicted octanol–water partition coefficient (Wildman–Crippen LogP) is -4.72. The van der Waals surface area contributed by atoms with Crippen LogP contribution in [0.2, 0.25) is 0 Å². The SMILES string of the molecule is CC(C)[C@H](NC(=O)[C@H](C)N)C(=O)N[C@H](C(=O)N[C@@H](CC(N)=O)C(=O)N[C@@H](CCC(N)=O)C(=O)N[C@H](C=O)CC(N)=O)C(C)C. The van der Waals surface area contributed by atoms with Crippen LogP contribution in [-0.2, 0) is 43.2 Å². The minimum Gasteiger partial charge on any atom is -0.370 e. The molecule has 0 bridgehead atoms. The summed E-state index contributed by atoms with van der Waals surface area (Å²) < 4.78 is 0. The summed E-state index contributed by atoms with van der Waals surface area (Å²) in [6.07, 6.45) is -1.75. The average molecular weight is 628 g/mol. The van der Waals surface area contributed by atoms with Crippen LogP contribution in [0.15, 0.2) is 0 Å². The number of aldehydes is 1. The fraction of sp³-hybridized carbons (Fsp3) is 0.654. The van der Waals surface area contributed by atoms with Gasteiger partial charge >= 0.3 is 0 Å². The van der Waals surface area contributed by atoms with Crippen LogP contribution in [0.4, 0.5) is 0 Å². The Kier molecular flexibility index (Phi) is 16.9. The van der Waals surface area contributed by atoms with Gasteiger partial charge in [0.2, 0.25) is 47.3 Å². The Morgan fingerprint density at radius 2 is 1.00 bits per heavy atom. The Hall–Kier alpha value is -4.61. The van der Waals surface area contributed by atoms with E-state index >= 15 is 0 Å². The van der Waals surface area contributed by atoms with E-state index in [1.807, 2.05) is 0 Å². The second kappa shape index (κ2) is 18.8. The third-order valence-corrected chi connectivity index (χ3v) is 6.17. The molecule has 44 heavy (non-hydrogen) atoms. The van der Waals surface area contributed by atoms with Crippen LogP contribution in [-0.4, -0.2) is 89.8 Å². The number of rotatable bonds is 20. The van der Waals surface area contributed by atoms with Crippen LogP contribution in [0, 0.1) is 11.8 Å². The van der Waals surface area contributed by atoms with Crippen LogP contribution in [0.1, 0.15) is 60.3 Å². The zero-order chi connectivity index (χ0) is 34.3. The summed E-state index contributed by atoms with van der Waals surface area (Å²) in [5.41, 5.74) is 21.1. The average Bonchev–Trinajstić information content (AvgIpc) is 2.89. The van der Waals surface area contributed by atoms with Crippen LogP contribution < -0.4 is 49.5 Å². The highest BCUT2D eigenvalue weighted by Gasteiger charge is 2.34. The molecule has 0 aromatic carbocycles. The molecule has 0 aliphatic rings. The number of carbonyl (C=O) groups excluding carboxylic acids is 9. The quantitative estimate of drug-likeness (QED) is 0.0580. The Labute approximate surface area is 254 Å². The van der Waals surface area contributed by atoms with Crippen molar-refractivity contribution >= 4 is 53.5 Å². The van der Waals surface area contributed by atoms with Gasteiger partial charge in [-0.2, -0.15) is 0 Å². The van der Waals surface area contributed by atoms with E-state index < -0.39 is 108 Å². The number of primary amides is 3. The molecule has 8 amide bonds. The van der Waals surface area contributed by atoms with Crippen molar-refractivity contribution in [2.45, 2.75) is 96.6 Å². The number of amides is 8. The molecule has 0 spiro atoms. The van der Waals surface area contributed by atoms with E-state index in [0.29, 0.717) is 0 Å². The van der Waals surface area contributed by atoms with Crippen molar-refractivity contribution in [3.8, 4) is 0 Å². The first-order chi connectivity index (χ1) is 20.3. The topological polar surface area (TPSA) is 318 Å². The molecule has 0 saturated heterocycles. The van der Waals surface area contributed by atoms with Gasteiger partial charge in [-0.05, 0) is 25.2 Å². The summed E-state index contributed by atoms with van der Waals surface area (Å²) >= 11 is 0. The van der Waals surface area contributed by atoms with Gasteiger partial charge in [-0.25, -0.2) is 0 Å². The van der Waals surface area contributed by atoms with Crippen LogP contribution in [0.5, 0.6) is 0 Å². The largest absolute Gasteiger partial charge is 0.370 e. The molecule has 0 aliphatic heterocycles. The standard InChI is InChI=1S/C26H45N9O9/c1-11(2)20(35-26(44)21(12(3)4)34-22(40)13(5)27)25(43)33-16(9-19(30)39)24(42)32-15(6-7-17(28)37)23(41)31-14(10-36)8-18(29)38/h10-16,20-21H,6-9,27H2,1-5H3,(H2,28,37)(H2,29,38)(H2,30,39)(H,31,41)(H,32,42)(H,33,43)(H,34,40)(H,35,44)/t13-,14-,15-,16-,20-,21-/m0/s1. The first-order valence-electron chi connectivity index (χ1n) is 13.9. The van der Waals surface area contributed by atoms with E-state index in [2.05, 4.69) is 26.6 Å². The maximum absolute atomic E-state index is 13.3. The summed E-state index contributed by atoms with van der Waals surface area (Å²) in [6.45, 7) is 7.96. The Morgan fingerprint density at radius 3 is 1.41 bits per heavy atom. The van der Waals surface area contributed by atoms with Gasteiger partial charge in [0.05, 0.1) is 24.9 Å². The van der Waals surface area contributed by atoms with Crippen molar-refractivity contribution in [3.05, 3.63) is 0 Å². The highest BCUT2D eigenvalue weighted by atomic mass is 16.2. The zero-order valence-corrected chi connectivity index (χ0v) is 25.5. The van der Waals surface area contributed by atoms with Crippen LogP contribution in [0.25, 0.3) is 0 Å². The van der Waals surface area contributed by atoms with Gasteiger partial charge in [0.25, 0.3) is 0 Å². The van der Waals surface area contributed by atoms with E-state index in [0.717, 1.165) is 0 Å². The summed E-state index contributed by atoms with van der Waals surface area (Å²) in [7, 11) is 0. The monoisotopic (exact) mass is 627 g/mol. The second-order valence-electron chi connectivity index (χ2n) is 11.0. The van der Waals surface area contributed by atoms with Gasteiger partial charge in [-0.1, -0.05) is 27.7 Å². The number of hydrogen-bond donors (Lipinski definition) is 9. The molecule has 0 aliphatic carbocycles. The molecule has 0 saturated carbocycles. The first-order valence-corrected chi connectivity index (χ1v) is 13.9. The van der Waals surface area contributed by atoms with Crippen molar-refractivity contribution in [1.82, 2.24) is 26.6 Å². The van der Waals surface area contributed by atoms with E-state index in [1.54, 1.807) is 27.7 Å². The molecule has 0 radical (unpaired) electrons. The summed E-state index contributed by atoms with van der Waals surface area (Å²) in [5, 5.41) is 11.9. The van der Waals surface area contributed by atoms with E-state index in [9.17, 15) is 43.2 Å². The number of nitrogens with one attached hydrogen (secondary N) is 5. The van der Waals surface area contributed by atoms with E-state index in [4.69, 9.17) is 22.9 Å². The Morgan fingerprint density at radius 1 is 0.568 bits per heavy atom. The molecule has 0 aromatic heterocycles. The predicted molar refractivity (Wildman–Crippen MR) is 155 cm³/mol. The van der Waals surface area contributed by atoms with Gasteiger partial charge in [-0.15, -0.1) is 0 Å². The molecule has 18 heteroatoms. The molecule has 248 valence electrons. The molecule has 0 rings (SSSR count). The minimum atomic E-state index is -1.65. The Bertz CT molecular complexity index is 1090. The van der Waals surface area contributed by atoms with E-state index in [1.165, 1.54) is 6.92 Å². The highest BCUT2D eigenvalue weighted by molar-refractivity contribution is 5.98. The molecule has 13 N–H and O–H groups in total. The van der Waals surface area contributed by atoms with Gasteiger partial charge in [0.1, 0.15) is 30.5 Å². The smallest absolute Gasteiger partial charge is 0.243 e. The molecule has 0 fully saturated rings. The zero-order valence-electron chi connectivity index (χ0n) is 25.5. The van der Waals surface area contributed by atoms with Gasteiger partial charge in [-0.3, -0.25) is 38.4 Å². The molecular formula is C26H45N9O9. The number of carbonyl (C=O) groups is 9. The summed E-state index contributed by atoms with van der Waals surface area (Å²) in [5.74, 6) is -7.91. The third kappa shape index (κ3) is 14.5. The molecule has 18 nitrogen and oxygen atoms in total. The molecule has 6 atom stereocenters. The number of hydrogen-bond acceptors (Lipinski definition) is 10. The summed E-state index contributed by atoms with van der Waals surface area (Å²) in [4.78, 5) is 110. The lowest BCUT2D eigenvalue weighted by Crippen LogP contribution is -2.61. The molecule has 0 unspecified atom stereocenters. The normalized spacial score (nSPS) is 15.0. The van der Waals surface area contributed by atoms with Crippen molar-refractivity contribution in [2.75, 3.05) is 0 Å². The lowest BCUT2D eigenvalue weighted by molar-refractivity contribution is -0.136. The number of nitrogens with two attached hydrogens (primary N) is 4. The van der Waals surface area contributed by atoms with Crippen molar-refractivity contribution in [3.63, 3.8) is 0 Å². The lowest BCUT2D eigenvalue weighted by Gasteiger charge is -2.29. The van der Waals surface area contributed by atoms with Gasteiger partial charge < -0.3 is 54.3 Å². The maximum atomic E-state index is 13.3. The summed E-state index contributed by atoms with van der Waals surface area (Å²) in [6, 6.07) is -7.69. The van der Waals surface area contributed by atoms with E-state index in [-0.39, 0.29) is 19.1 Å². The fourth-order valence-corrected chi connectivity index (χ4v) is 3.73.